The molecule has 1 atom stereocenters. The largest absolute Gasteiger partial charge is 0.481 e. The molecule has 0 saturated heterocycles. The number of carbonyl (C=O) groups is 1. The molecule has 0 fully saturated rings. The van der Waals surface area contributed by atoms with Crippen molar-refractivity contribution in [1.29, 1.82) is 0 Å². The summed E-state index contributed by atoms with van der Waals surface area (Å²) in [5, 5.41) is 0.468. The van der Waals surface area contributed by atoms with E-state index in [1.807, 2.05) is 13.8 Å². The number of nitrogens with two attached hydrogens (primary N) is 1. The van der Waals surface area contributed by atoms with E-state index in [1.165, 1.54) is 9.47 Å². The quantitative estimate of drug-likeness (QED) is 0.533. The molecule has 0 saturated carbocycles. The lowest BCUT2D eigenvalue weighted by Crippen LogP contribution is -2.46. The van der Waals surface area contributed by atoms with Crippen LogP contribution in [0.2, 0.25) is 5.02 Å². The summed E-state index contributed by atoms with van der Waals surface area (Å²) >= 11 is 5.98. The highest BCUT2D eigenvalue weighted by molar-refractivity contribution is 6.30. The minimum Gasteiger partial charge on any atom is -0.481 e. The molecule has 0 aliphatic carbocycles. The topological polar surface area (TPSA) is 120 Å². The van der Waals surface area contributed by atoms with Gasteiger partial charge in [0.25, 0.3) is 11.5 Å². The van der Waals surface area contributed by atoms with E-state index < -0.39 is 23.3 Å². The first-order chi connectivity index (χ1) is 14.6. The first kappa shape index (κ1) is 24.5. The van der Waals surface area contributed by atoms with Crippen LogP contribution >= 0.6 is 11.6 Å². The lowest BCUT2D eigenvalue weighted by Gasteiger charge is -2.27. The predicted molar refractivity (Wildman–Crippen MR) is 121 cm³/mol. The summed E-state index contributed by atoms with van der Waals surface area (Å²) in [5.74, 6) is -0.0375. The second-order valence-electron chi connectivity index (χ2n) is 7.55. The van der Waals surface area contributed by atoms with Crippen LogP contribution in [0.1, 0.15) is 27.2 Å². The van der Waals surface area contributed by atoms with Gasteiger partial charge < -0.3 is 20.1 Å². The first-order valence-electron chi connectivity index (χ1n) is 10.0. The molecule has 1 heterocycles. The summed E-state index contributed by atoms with van der Waals surface area (Å²) in [5.41, 5.74) is 4.78. The summed E-state index contributed by atoms with van der Waals surface area (Å²) in [6, 6.07) is 6.66. The number of anilines is 2. The number of carbonyl (C=O) groups excluding carboxylic acids is 1. The van der Waals surface area contributed by atoms with Gasteiger partial charge in [0.15, 0.2) is 11.8 Å². The Hall–Kier alpha value is -2.78. The van der Waals surface area contributed by atoms with Crippen molar-refractivity contribution < 1.29 is 14.3 Å². The van der Waals surface area contributed by atoms with E-state index in [0.717, 1.165) is 0 Å². The molecular formula is C21H29ClN4O5. The number of H-pyrrole nitrogens is 1. The number of benzene rings is 1. The molecule has 1 unspecified atom stereocenters. The van der Waals surface area contributed by atoms with Gasteiger partial charge in [-0.05, 0) is 37.5 Å². The number of methoxy groups -OCH3 is 1. The van der Waals surface area contributed by atoms with Gasteiger partial charge in [-0.1, -0.05) is 31.5 Å². The van der Waals surface area contributed by atoms with Crippen LogP contribution in [0.4, 0.5) is 11.5 Å². The van der Waals surface area contributed by atoms with Crippen LogP contribution in [0.25, 0.3) is 0 Å². The fraction of sp³-hybridized carbons (Fsp3) is 0.476. The Labute approximate surface area is 185 Å². The van der Waals surface area contributed by atoms with Crippen LogP contribution in [0.3, 0.4) is 0 Å². The molecule has 2 aromatic rings. The zero-order valence-electron chi connectivity index (χ0n) is 18.2. The van der Waals surface area contributed by atoms with Crippen molar-refractivity contribution in [2.45, 2.75) is 39.8 Å². The monoisotopic (exact) mass is 452 g/mol. The Morgan fingerprint density at radius 2 is 2.00 bits per heavy atom. The zero-order valence-corrected chi connectivity index (χ0v) is 18.9. The second-order valence-corrected chi connectivity index (χ2v) is 7.99. The number of hydrogen-bond acceptors (Lipinski definition) is 6. The van der Waals surface area contributed by atoms with E-state index in [-0.39, 0.29) is 24.0 Å². The molecule has 1 amide bonds. The van der Waals surface area contributed by atoms with Gasteiger partial charge in [0.2, 0.25) is 0 Å². The Balaban J connectivity index is 2.44. The molecule has 1 aromatic carbocycles. The van der Waals surface area contributed by atoms with Gasteiger partial charge in [0, 0.05) is 31.8 Å². The molecule has 2 rings (SSSR count). The molecular weight excluding hydrogens is 424 g/mol. The number of hydrogen-bond donors (Lipinski definition) is 2. The van der Waals surface area contributed by atoms with Gasteiger partial charge in [0.05, 0.1) is 0 Å². The van der Waals surface area contributed by atoms with Gasteiger partial charge in [-0.15, -0.1) is 0 Å². The molecule has 31 heavy (non-hydrogen) atoms. The van der Waals surface area contributed by atoms with Crippen molar-refractivity contribution in [2.75, 3.05) is 30.9 Å². The lowest BCUT2D eigenvalue weighted by molar-refractivity contribution is -0.124. The van der Waals surface area contributed by atoms with Crippen LogP contribution in [0.15, 0.2) is 33.9 Å². The van der Waals surface area contributed by atoms with Gasteiger partial charge in [-0.3, -0.25) is 19.1 Å². The average molecular weight is 453 g/mol. The minimum absolute atomic E-state index is 0.0665. The number of halogens is 1. The average Bonchev–Trinajstić information content (AvgIpc) is 2.69. The van der Waals surface area contributed by atoms with Crippen LogP contribution in [0.5, 0.6) is 5.75 Å². The van der Waals surface area contributed by atoms with E-state index in [1.54, 1.807) is 38.3 Å². The Bertz CT molecular complexity index is 1020. The highest BCUT2D eigenvalue weighted by Crippen LogP contribution is 2.22. The van der Waals surface area contributed by atoms with Crippen molar-refractivity contribution >= 4 is 29.0 Å². The number of rotatable bonds is 10. The van der Waals surface area contributed by atoms with E-state index in [4.69, 9.17) is 26.8 Å². The highest BCUT2D eigenvalue weighted by Gasteiger charge is 2.28. The first-order valence-corrected chi connectivity index (χ1v) is 10.4. The van der Waals surface area contributed by atoms with E-state index in [9.17, 15) is 14.4 Å². The molecule has 0 bridgehead atoms. The van der Waals surface area contributed by atoms with Gasteiger partial charge >= 0.3 is 5.69 Å². The minimum atomic E-state index is -0.940. The molecule has 0 radical (unpaired) electrons. The van der Waals surface area contributed by atoms with Crippen molar-refractivity contribution in [3.63, 3.8) is 0 Å². The third kappa shape index (κ3) is 6.35. The summed E-state index contributed by atoms with van der Waals surface area (Å²) in [7, 11) is 1.54. The summed E-state index contributed by atoms with van der Waals surface area (Å²) in [6.45, 7) is 6.22. The molecule has 0 spiro atoms. The molecule has 1 aromatic heterocycles. The number of nitrogens with zero attached hydrogens (tertiary/aromatic N) is 2. The molecule has 9 nitrogen and oxygen atoms in total. The maximum Gasteiger partial charge on any atom is 0.330 e. The third-order valence-electron chi connectivity index (χ3n) is 4.48. The molecule has 0 aliphatic rings. The summed E-state index contributed by atoms with van der Waals surface area (Å²) in [4.78, 5) is 41.7. The Morgan fingerprint density at radius 3 is 2.61 bits per heavy atom. The number of ether oxygens (including phenoxy) is 2. The third-order valence-corrected chi connectivity index (χ3v) is 4.72. The maximum absolute atomic E-state index is 13.3. The molecule has 0 aliphatic heterocycles. The Morgan fingerprint density at radius 1 is 1.29 bits per heavy atom. The Kier molecular flexibility index (Phi) is 8.70. The van der Waals surface area contributed by atoms with Gasteiger partial charge in [0.1, 0.15) is 11.6 Å². The van der Waals surface area contributed by atoms with Crippen LogP contribution in [-0.2, 0) is 16.1 Å². The predicted octanol–water partition coefficient (Wildman–Crippen LogP) is 2.27. The van der Waals surface area contributed by atoms with E-state index in [0.29, 0.717) is 30.3 Å². The summed E-state index contributed by atoms with van der Waals surface area (Å²) < 4.78 is 12.1. The van der Waals surface area contributed by atoms with E-state index >= 15 is 0 Å². The number of nitrogens with one attached hydrogen (secondary N) is 1. The number of amides is 1. The molecule has 10 heteroatoms. The number of aromatic amines is 1. The van der Waals surface area contributed by atoms with Crippen molar-refractivity contribution in [1.82, 2.24) is 9.55 Å². The SMILES string of the molecule is COCCCN(C(=O)C(C)Oc1cccc(Cl)c1)c1c(N)n(CC(C)C)c(=O)[nH]c1=O. The fourth-order valence-corrected chi connectivity index (χ4v) is 3.28. The maximum atomic E-state index is 13.3. The standard InChI is InChI=1S/C21H29ClN4O5/c1-13(2)12-26-18(23)17(19(27)24-21(26)29)25(9-6-10-30-4)20(28)14(3)31-16-8-5-7-15(22)11-16/h5,7-8,11,13-14H,6,9-10,12,23H2,1-4H3,(H,24,27,29). The van der Waals surface area contributed by atoms with Crippen molar-refractivity contribution in [3.05, 3.63) is 50.1 Å². The van der Waals surface area contributed by atoms with Crippen LogP contribution < -0.4 is 26.6 Å². The smallest absolute Gasteiger partial charge is 0.330 e. The zero-order chi connectivity index (χ0) is 23.1. The van der Waals surface area contributed by atoms with Gasteiger partial charge in [-0.25, -0.2) is 4.79 Å². The normalized spacial score (nSPS) is 12.1. The number of aromatic nitrogens is 2. The molecule has 170 valence electrons. The fourth-order valence-electron chi connectivity index (χ4n) is 3.10. The number of nitrogen functional groups attached to an aromatic ring is 1. The van der Waals surface area contributed by atoms with Crippen molar-refractivity contribution in [3.8, 4) is 5.75 Å². The van der Waals surface area contributed by atoms with Crippen molar-refractivity contribution in [2.24, 2.45) is 5.92 Å². The highest BCUT2D eigenvalue weighted by atomic mass is 35.5. The van der Waals surface area contributed by atoms with Gasteiger partial charge in [-0.2, -0.15) is 0 Å². The van der Waals surface area contributed by atoms with Crippen LogP contribution in [0, 0.1) is 5.92 Å². The summed E-state index contributed by atoms with van der Waals surface area (Å²) in [6.07, 6.45) is -0.487. The van der Waals surface area contributed by atoms with Crippen LogP contribution in [-0.4, -0.2) is 41.8 Å². The second kappa shape index (κ2) is 11.0. The molecule has 3 N–H and O–H groups in total. The lowest BCUT2D eigenvalue weighted by atomic mass is 10.2. The van der Waals surface area contributed by atoms with E-state index in [2.05, 4.69) is 4.98 Å².